The van der Waals surface area contributed by atoms with Crippen molar-refractivity contribution in [2.24, 2.45) is 11.8 Å². The Morgan fingerprint density at radius 1 is 1.60 bits per heavy atom. The fourth-order valence-corrected chi connectivity index (χ4v) is 0.595. The normalized spacial score (nSPS) is 15.8. The maximum Gasteiger partial charge on any atom is 0.303 e. The zero-order valence-electron chi connectivity index (χ0n) is 6.20. The van der Waals surface area contributed by atoms with Crippen molar-refractivity contribution in [3.8, 4) is 0 Å². The van der Waals surface area contributed by atoms with Gasteiger partial charge in [0.2, 0.25) is 0 Å². The molecule has 0 aliphatic rings. The number of hydrogen-bond donors (Lipinski definition) is 1. The second-order valence-electron chi connectivity index (χ2n) is 2.57. The number of hydrogen-bond acceptors (Lipinski definition) is 2. The predicted octanol–water partition coefficient (Wildman–Crippen LogP) is 0.932. The summed E-state index contributed by atoms with van der Waals surface area (Å²) in [7, 11) is 0. The maximum atomic E-state index is 10.1. The maximum absolute atomic E-state index is 10.1. The largest absolute Gasteiger partial charge is 0.481 e. The van der Waals surface area contributed by atoms with E-state index in [2.05, 4.69) is 0 Å². The molecular weight excluding hydrogens is 132 g/mol. The fourth-order valence-electron chi connectivity index (χ4n) is 0.595. The molecule has 0 heterocycles. The van der Waals surface area contributed by atoms with Gasteiger partial charge in [-0.05, 0) is 5.92 Å². The molecule has 0 aromatic rings. The Morgan fingerprint density at radius 3 is 2.40 bits per heavy atom. The summed E-state index contributed by atoms with van der Waals surface area (Å²) in [6, 6.07) is 0. The molecule has 0 aromatic heterocycles. The van der Waals surface area contributed by atoms with E-state index in [1.54, 1.807) is 13.8 Å². The molecule has 2 atom stereocenters. The lowest BCUT2D eigenvalue weighted by Gasteiger charge is -2.09. The Labute approximate surface area is 60.0 Å². The number of aliphatic carboxylic acids is 1. The minimum Gasteiger partial charge on any atom is -0.481 e. The number of rotatable bonds is 4. The Kier molecular flexibility index (Phi) is 3.69. The van der Waals surface area contributed by atoms with Crippen LogP contribution in [0.2, 0.25) is 0 Å². The molecule has 58 valence electrons. The average Bonchev–Trinajstić information content (AvgIpc) is 1.85. The minimum atomic E-state index is -0.846. The summed E-state index contributed by atoms with van der Waals surface area (Å²) in [6.07, 6.45) is 0.855. The molecule has 3 heteroatoms. The van der Waals surface area contributed by atoms with Gasteiger partial charge < -0.3 is 9.90 Å². The highest BCUT2D eigenvalue weighted by molar-refractivity contribution is 5.68. The van der Waals surface area contributed by atoms with Crippen molar-refractivity contribution in [2.45, 2.75) is 20.3 Å². The molecule has 0 saturated carbocycles. The van der Waals surface area contributed by atoms with Crippen LogP contribution in [0.4, 0.5) is 0 Å². The van der Waals surface area contributed by atoms with Crippen molar-refractivity contribution in [2.75, 3.05) is 0 Å². The summed E-state index contributed by atoms with van der Waals surface area (Å²) in [4.78, 5) is 20.2. The van der Waals surface area contributed by atoms with E-state index in [-0.39, 0.29) is 18.3 Å². The van der Waals surface area contributed by atoms with E-state index in [4.69, 9.17) is 5.11 Å². The Hall–Kier alpha value is -0.860. The van der Waals surface area contributed by atoms with Crippen LogP contribution >= 0.6 is 0 Å². The van der Waals surface area contributed by atoms with Gasteiger partial charge in [-0.1, -0.05) is 13.8 Å². The van der Waals surface area contributed by atoms with Crippen LogP contribution in [-0.2, 0) is 9.59 Å². The molecule has 0 bridgehead atoms. The predicted molar refractivity (Wildman–Crippen MR) is 36.6 cm³/mol. The molecule has 0 saturated heterocycles. The first-order valence-corrected chi connectivity index (χ1v) is 3.25. The smallest absolute Gasteiger partial charge is 0.303 e. The van der Waals surface area contributed by atoms with Gasteiger partial charge in [-0.2, -0.15) is 0 Å². The van der Waals surface area contributed by atoms with Crippen molar-refractivity contribution in [1.82, 2.24) is 0 Å². The first-order valence-electron chi connectivity index (χ1n) is 3.25. The van der Waals surface area contributed by atoms with E-state index in [9.17, 15) is 9.59 Å². The second kappa shape index (κ2) is 4.04. The summed E-state index contributed by atoms with van der Waals surface area (Å²) >= 11 is 0. The average molecular weight is 144 g/mol. The van der Waals surface area contributed by atoms with Crippen molar-refractivity contribution in [3.05, 3.63) is 0 Å². The first kappa shape index (κ1) is 9.14. The van der Waals surface area contributed by atoms with E-state index in [0.717, 1.165) is 6.29 Å². The number of carboxylic acid groups (broad SMARTS) is 1. The lowest BCUT2D eigenvalue weighted by atomic mass is 9.94. The van der Waals surface area contributed by atoms with Gasteiger partial charge in [0, 0.05) is 12.3 Å². The molecule has 10 heavy (non-hydrogen) atoms. The molecule has 0 radical (unpaired) electrons. The topological polar surface area (TPSA) is 54.4 Å². The third-order valence-corrected chi connectivity index (χ3v) is 1.61. The highest BCUT2D eigenvalue weighted by Crippen LogP contribution is 2.11. The standard InChI is InChI=1S/C7H12O3/c1-5(3-7(9)10)6(2)4-8/h4-6H,3H2,1-2H3,(H,9,10)/t5-,6+/m0/s1. The third kappa shape index (κ3) is 3.22. The summed E-state index contributed by atoms with van der Waals surface area (Å²) < 4.78 is 0. The summed E-state index contributed by atoms with van der Waals surface area (Å²) in [5.74, 6) is -1.06. The SMILES string of the molecule is C[C@H](C=O)[C@@H](C)CC(=O)O. The van der Waals surface area contributed by atoms with Gasteiger partial charge in [0.05, 0.1) is 0 Å². The van der Waals surface area contributed by atoms with Crippen LogP contribution in [0, 0.1) is 11.8 Å². The van der Waals surface area contributed by atoms with Crippen LogP contribution in [0.1, 0.15) is 20.3 Å². The molecule has 0 aliphatic heterocycles. The highest BCUT2D eigenvalue weighted by Gasteiger charge is 2.13. The Bertz CT molecular complexity index is 131. The first-order chi connectivity index (χ1) is 4.57. The van der Waals surface area contributed by atoms with Crippen LogP contribution in [0.5, 0.6) is 0 Å². The van der Waals surface area contributed by atoms with Gasteiger partial charge in [-0.15, -0.1) is 0 Å². The summed E-state index contributed by atoms with van der Waals surface area (Å²) in [5.41, 5.74) is 0. The Morgan fingerprint density at radius 2 is 2.10 bits per heavy atom. The van der Waals surface area contributed by atoms with Gasteiger partial charge >= 0.3 is 5.97 Å². The number of aldehydes is 1. The van der Waals surface area contributed by atoms with Gasteiger partial charge in [0.25, 0.3) is 0 Å². The lowest BCUT2D eigenvalue weighted by Crippen LogP contribution is -2.13. The van der Waals surface area contributed by atoms with Crippen molar-refractivity contribution in [3.63, 3.8) is 0 Å². The molecule has 0 amide bonds. The van der Waals surface area contributed by atoms with E-state index in [1.165, 1.54) is 0 Å². The van der Waals surface area contributed by atoms with Crippen molar-refractivity contribution in [1.29, 1.82) is 0 Å². The van der Waals surface area contributed by atoms with E-state index >= 15 is 0 Å². The Balaban J connectivity index is 3.71. The lowest BCUT2D eigenvalue weighted by molar-refractivity contribution is -0.138. The highest BCUT2D eigenvalue weighted by atomic mass is 16.4. The zero-order valence-corrected chi connectivity index (χ0v) is 6.20. The molecule has 0 unspecified atom stereocenters. The van der Waals surface area contributed by atoms with Gasteiger partial charge in [0.1, 0.15) is 6.29 Å². The molecule has 0 fully saturated rings. The van der Waals surface area contributed by atoms with Gasteiger partial charge in [-0.25, -0.2) is 0 Å². The molecule has 3 nitrogen and oxygen atoms in total. The van der Waals surface area contributed by atoms with Crippen LogP contribution < -0.4 is 0 Å². The molecular formula is C7H12O3. The van der Waals surface area contributed by atoms with E-state index in [1.807, 2.05) is 0 Å². The second-order valence-corrected chi connectivity index (χ2v) is 2.57. The fraction of sp³-hybridized carbons (Fsp3) is 0.714. The monoisotopic (exact) mass is 144 g/mol. The molecule has 1 N–H and O–H groups in total. The number of carbonyl (C=O) groups excluding carboxylic acids is 1. The minimum absolute atomic E-state index is 0.0602. The molecule has 0 aliphatic carbocycles. The van der Waals surface area contributed by atoms with Crippen LogP contribution in [0.3, 0.4) is 0 Å². The van der Waals surface area contributed by atoms with Crippen LogP contribution in [0.25, 0.3) is 0 Å². The van der Waals surface area contributed by atoms with Crippen molar-refractivity contribution >= 4 is 12.3 Å². The summed E-state index contributed by atoms with van der Waals surface area (Å²) in [6.45, 7) is 3.48. The molecule has 0 aromatic carbocycles. The molecule has 0 spiro atoms. The van der Waals surface area contributed by atoms with Gasteiger partial charge in [-0.3, -0.25) is 4.79 Å². The van der Waals surface area contributed by atoms with E-state index < -0.39 is 5.97 Å². The number of carboxylic acids is 1. The van der Waals surface area contributed by atoms with E-state index in [0.29, 0.717) is 0 Å². The molecule has 0 rings (SSSR count). The third-order valence-electron chi connectivity index (χ3n) is 1.61. The summed E-state index contributed by atoms with van der Waals surface area (Å²) in [5, 5.41) is 8.31. The van der Waals surface area contributed by atoms with Crippen molar-refractivity contribution < 1.29 is 14.7 Å². The zero-order chi connectivity index (χ0) is 8.15. The quantitative estimate of drug-likeness (QED) is 0.597. The van der Waals surface area contributed by atoms with Crippen LogP contribution in [0.15, 0.2) is 0 Å². The van der Waals surface area contributed by atoms with Crippen LogP contribution in [-0.4, -0.2) is 17.4 Å². The number of carbonyl (C=O) groups is 2. The van der Waals surface area contributed by atoms with Gasteiger partial charge in [0.15, 0.2) is 0 Å².